The highest BCUT2D eigenvalue weighted by atomic mass is 32.2. The highest BCUT2D eigenvalue weighted by molar-refractivity contribution is 7.87. The van der Waals surface area contributed by atoms with Crippen molar-refractivity contribution >= 4 is 16.0 Å². The average molecular weight is 500 g/mol. The number of alkyl halides is 3. The van der Waals surface area contributed by atoms with Crippen molar-refractivity contribution < 1.29 is 30.6 Å². The van der Waals surface area contributed by atoms with Crippen molar-refractivity contribution in [2.45, 2.75) is 83.0 Å². The van der Waals surface area contributed by atoms with E-state index in [-0.39, 0.29) is 24.2 Å². The normalized spacial score (nSPS) is 12.1. The summed E-state index contributed by atoms with van der Waals surface area (Å²) in [6, 6.07) is 9.56. The zero-order valence-electron chi connectivity index (χ0n) is 19.8. The van der Waals surface area contributed by atoms with E-state index in [1.807, 2.05) is 13.8 Å². The Kier molecular flexibility index (Phi) is 9.97. The summed E-state index contributed by atoms with van der Waals surface area (Å²) in [7, 11) is -4.47. The number of amides is 1. The van der Waals surface area contributed by atoms with Crippen molar-refractivity contribution in [3.8, 4) is 5.75 Å². The zero-order chi connectivity index (χ0) is 25.4. The molecule has 34 heavy (non-hydrogen) atoms. The first kappa shape index (κ1) is 27.7. The summed E-state index contributed by atoms with van der Waals surface area (Å²) in [5, 5.41) is 0. The van der Waals surface area contributed by atoms with E-state index in [0.29, 0.717) is 18.1 Å². The molecule has 0 aromatic heterocycles. The van der Waals surface area contributed by atoms with Crippen molar-refractivity contribution in [2.75, 3.05) is 0 Å². The molecule has 0 saturated heterocycles. The van der Waals surface area contributed by atoms with E-state index >= 15 is 0 Å². The van der Waals surface area contributed by atoms with E-state index in [1.165, 1.54) is 12.1 Å². The van der Waals surface area contributed by atoms with Crippen LogP contribution in [0.25, 0.3) is 0 Å². The Morgan fingerprint density at radius 1 is 1.00 bits per heavy atom. The van der Waals surface area contributed by atoms with Gasteiger partial charge in [0.25, 0.3) is 0 Å². The maximum Gasteiger partial charge on any atom is 0.416 e. The number of carbonyl (C=O) groups excluding carboxylic acids is 1. The summed E-state index contributed by atoms with van der Waals surface area (Å²) >= 11 is 0. The number of carbonyl (C=O) groups is 1. The van der Waals surface area contributed by atoms with Gasteiger partial charge in [0.2, 0.25) is 5.91 Å². The van der Waals surface area contributed by atoms with Gasteiger partial charge in [0, 0.05) is 19.0 Å². The molecule has 0 saturated carbocycles. The molecular formula is C25H32F3NO4S. The monoisotopic (exact) mass is 499 g/mol. The molecule has 0 aliphatic carbocycles. The summed E-state index contributed by atoms with van der Waals surface area (Å²) in [4.78, 5) is 13.9. The van der Waals surface area contributed by atoms with Gasteiger partial charge in [-0.15, -0.1) is 0 Å². The molecule has 0 bridgehead atoms. The molecule has 0 aliphatic heterocycles. The molecule has 5 nitrogen and oxygen atoms in total. The van der Waals surface area contributed by atoms with Gasteiger partial charge in [-0.3, -0.25) is 4.79 Å². The molecular weight excluding hydrogens is 467 g/mol. The fourth-order valence-corrected chi connectivity index (χ4v) is 4.45. The highest BCUT2D eigenvalue weighted by Crippen LogP contribution is 2.31. The van der Waals surface area contributed by atoms with Gasteiger partial charge in [-0.1, -0.05) is 50.8 Å². The molecule has 1 amide bonds. The lowest BCUT2D eigenvalue weighted by molar-refractivity contribution is -0.137. The average Bonchev–Trinajstić information content (AvgIpc) is 2.76. The maximum atomic E-state index is 13.0. The van der Waals surface area contributed by atoms with Gasteiger partial charge in [-0.05, 0) is 56.2 Å². The van der Waals surface area contributed by atoms with Crippen molar-refractivity contribution in [3.05, 3.63) is 59.7 Å². The lowest BCUT2D eigenvalue weighted by atomic mass is 10.1. The van der Waals surface area contributed by atoms with E-state index in [9.17, 15) is 26.4 Å². The number of nitrogens with zero attached hydrogens (tertiary/aromatic N) is 1. The van der Waals surface area contributed by atoms with Crippen LogP contribution in [0.4, 0.5) is 13.2 Å². The highest BCUT2D eigenvalue weighted by Gasteiger charge is 2.32. The Labute approximate surface area is 200 Å². The van der Waals surface area contributed by atoms with Crippen LogP contribution in [0.1, 0.15) is 70.4 Å². The SMILES string of the molecule is CCCCCCCC(=O)N(Cc1cccc(OS(=O)(=O)c2cccc(C(F)(F)F)c2)c1)C(C)C. The van der Waals surface area contributed by atoms with Crippen molar-refractivity contribution in [2.24, 2.45) is 0 Å². The summed E-state index contributed by atoms with van der Waals surface area (Å²) in [6.45, 7) is 6.22. The van der Waals surface area contributed by atoms with Crippen LogP contribution < -0.4 is 4.18 Å². The topological polar surface area (TPSA) is 63.7 Å². The van der Waals surface area contributed by atoms with Crippen LogP contribution in [-0.4, -0.2) is 25.3 Å². The molecule has 0 unspecified atom stereocenters. The van der Waals surface area contributed by atoms with Crippen LogP contribution in [0, 0.1) is 0 Å². The number of benzene rings is 2. The van der Waals surface area contributed by atoms with Gasteiger partial charge in [0.15, 0.2) is 0 Å². The minimum absolute atomic E-state index is 0.0226. The lowest BCUT2D eigenvalue weighted by Crippen LogP contribution is -2.36. The molecule has 0 aliphatic rings. The number of rotatable bonds is 12. The summed E-state index contributed by atoms with van der Waals surface area (Å²) in [5.74, 6) is -0.0139. The zero-order valence-corrected chi connectivity index (χ0v) is 20.6. The summed E-state index contributed by atoms with van der Waals surface area (Å²) in [6.07, 6.45) is 0.983. The van der Waals surface area contributed by atoms with Gasteiger partial charge in [0.05, 0.1) is 5.56 Å². The Balaban J connectivity index is 2.12. The van der Waals surface area contributed by atoms with Crippen LogP contribution >= 0.6 is 0 Å². The van der Waals surface area contributed by atoms with Crippen molar-refractivity contribution in [1.29, 1.82) is 0 Å². The molecule has 2 aromatic rings. The Morgan fingerprint density at radius 3 is 2.32 bits per heavy atom. The van der Waals surface area contributed by atoms with E-state index in [0.717, 1.165) is 50.3 Å². The smallest absolute Gasteiger partial charge is 0.379 e. The molecule has 0 radical (unpaired) electrons. The van der Waals surface area contributed by atoms with Gasteiger partial charge < -0.3 is 9.08 Å². The van der Waals surface area contributed by atoms with Gasteiger partial charge in [-0.2, -0.15) is 21.6 Å². The number of hydrogen-bond acceptors (Lipinski definition) is 4. The fraction of sp³-hybridized carbons (Fsp3) is 0.480. The predicted molar refractivity (Wildman–Crippen MR) is 125 cm³/mol. The molecule has 0 N–H and O–H groups in total. The molecule has 9 heteroatoms. The van der Waals surface area contributed by atoms with Crippen molar-refractivity contribution in [1.82, 2.24) is 4.90 Å². The quantitative estimate of drug-likeness (QED) is 0.245. The molecule has 188 valence electrons. The maximum absolute atomic E-state index is 13.0. The van der Waals surface area contributed by atoms with Crippen LogP contribution in [0.3, 0.4) is 0 Å². The summed E-state index contributed by atoms with van der Waals surface area (Å²) in [5.41, 5.74) is -0.420. The molecule has 0 spiro atoms. The van der Waals surface area contributed by atoms with Gasteiger partial charge in [0.1, 0.15) is 10.6 Å². The number of halogens is 3. The third-order valence-corrected chi connectivity index (χ3v) is 6.59. The minimum atomic E-state index is -4.67. The minimum Gasteiger partial charge on any atom is -0.379 e. The summed E-state index contributed by atoms with van der Waals surface area (Å²) < 4.78 is 69.1. The first-order valence-corrected chi connectivity index (χ1v) is 12.8. The standard InChI is InChI=1S/C25H32F3NO4S/c1-4-5-6-7-8-15-24(30)29(19(2)3)18-20-11-9-13-22(16-20)33-34(31,32)23-14-10-12-21(17-23)25(26,27)28/h9-14,16-17,19H,4-8,15,18H2,1-3H3. The van der Waals surface area contributed by atoms with Crippen LogP contribution in [0.2, 0.25) is 0 Å². The second kappa shape index (κ2) is 12.2. The first-order valence-electron chi connectivity index (χ1n) is 11.4. The van der Waals surface area contributed by atoms with E-state index in [4.69, 9.17) is 4.18 Å². The van der Waals surface area contributed by atoms with Crippen LogP contribution in [0.5, 0.6) is 5.75 Å². The van der Waals surface area contributed by atoms with Gasteiger partial charge in [-0.25, -0.2) is 0 Å². The molecule has 0 fully saturated rings. The fourth-order valence-electron chi connectivity index (χ4n) is 3.48. The third kappa shape index (κ3) is 8.34. The second-order valence-corrected chi connectivity index (χ2v) is 10.0. The second-order valence-electron chi connectivity index (χ2n) is 8.49. The number of hydrogen-bond donors (Lipinski definition) is 0. The predicted octanol–water partition coefficient (Wildman–Crippen LogP) is 6.57. The largest absolute Gasteiger partial charge is 0.416 e. The molecule has 2 aromatic carbocycles. The Bertz CT molecular complexity index is 1050. The molecule has 0 atom stereocenters. The van der Waals surface area contributed by atoms with Crippen LogP contribution in [0.15, 0.2) is 53.4 Å². The van der Waals surface area contributed by atoms with Crippen molar-refractivity contribution in [3.63, 3.8) is 0 Å². The number of unbranched alkanes of at least 4 members (excludes halogenated alkanes) is 4. The molecule has 2 rings (SSSR count). The molecule has 0 heterocycles. The Morgan fingerprint density at radius 2 is 1.68 bits per heavy atom. The van der Waals surface area contributed by atoms with Crippen LogP contribution in [-0.2, 0) is 27.6 Å². The van der Waals surface area contributed by atoms with E-state index in [2.05, 4.69) is 6.92 Å². The first-order chi connectivity index (χ1) is 15.9. The lowest BCUT2D eigenvalue weighted by Gasteiger charge is -2.27. The van der Waals surface area contributed by atoms with E-state index < -0.39 is 26.8 Å². The van der Waals surface area contributed by atoms with E-state index in [1.54, 1.807) is 17.0 Å². The Hall–Kier alpha value is -2.55. The van der Waals surface area contributed by atoms with Gasteiger partial charge >= 0.3 is 16.3 Å². The third-order valence-electron chi connectivity index (χ3n) is 5.35.